The van der Waals surface area contributed by atoms with Gasteiger partial charge in [0.15, 0.2) is 0 Å². The Kier molecular flexibility index (Phi) is 23.5. The van der Waals surface area contributed by atoms with Gasteiger partial charge in [-0.3, -0.25) is 0 Å². The molecule has 0 spiro atoms. The highest BCUT2D eigenvalue weighted by atomic mass is 19.1. The minimum atomic E-state index is -0.229. The summed E-state index contributed by atoms with van der Waals surface area (Å²) < 4.78 is 13.4. The molecule has 172 valence electrons. The molecule has 2 heteroatoms. The number of nitrogens with zero attached hydrogens (tertiary/aromatic N) is 1. The van der Waals surface area contributed by atoms with Crippen LogP contribution in [0.2, 0.25) is 0 Å². The van der Waals surface area contributed by atoms with E-state index in [1.54, 1.807) is 0 Å². The van der Waals surface area contributed by atoms with Crippen LogP contribution in [0, 0.1) is 11.7 Å². The zero-order valence-corrected chi connectivity index (χ0v) is 21.5. The van der Waals surface area contributed by atoms with Crippen LogP contribution in [0.25, 0.3) is 0 Å². The Morgan fingerprint density at radius 1 is 1.03 bits per heavy atom. The van der Waals surface area contributed by atoms with E-state index in [0.717, 1.165) is 41.9 Å². The first-order chi connectivity index (χ1) is 14.5. The highest BCUT2D eigenvalue weighted by Crippen LogP contribution is 2.31. The molecule has 0 saturated carbocycles. The molecule has 0 bridgehead atoms. The van der Waals surface area contributed by atoms with Gasteiger partial charge in [0.2, 0.25) is 0 Å². The molecule has 1 rings (SSSR count). The Balaban J connectivity index is -0.00000111. The first-order valence-corrected chi connectivity index (χ1v) is 11.7. The van der Waals surface area contributed by atoms with E-state index in [2.05, 4.69) is 44.9 Å². The minimum Gasteiger partial charge on any atom is -0.318 e. The molecule has 1 unspecified atom stereocenters. The summed E-state index contributed by atoms with van der Waals surface area (Å²) in [4.78, 5) is 2.16. The third-order valence-electron chi connectivity index (χ3n) is 4.21. The van der Waals surface area contributed by atoms with Gasteiger partial charge >= 0.3 is 0 Å². The maximum absolute atomic E-state index is 13.4. The van der Waals surface area contributed by atoms with E-state index in [0.29, 0.717) is 5.92 Å². The molecule has 0 aliphatic heterocycles. The SMILES string of the molecule is C=CC(=C\C)/C=C(\CC)N(C(=C)C(C)CCC)c1ccc(F)cc1.CC.CC.CC. The Bertz CT molecular complexity index is 608. The fourth-order valence-electron chi connectivity index (χ4n) is 2.70. The van der Waals surface area contributed by atoms with Crippen LogP contribution in [0.1, 0.15) is 88.5 Å². The van der Waals surface area contributed by atoms with Crippen LogP contribution in [-0.4, -0.2) is 0 Å². The summed E-state index contributed by atoms with van der Waals surface area (Å²) in [5.41, 5.74) is 4.17. The van der Waals surface area contributed by atoms with Gasteiger partial charge in [0.1, 0.15) is 5.82 Å². The molecule has 0 saturated heterocycles. The van der Waals surface area contributed by atoms with Crippen molar-refractivity contribution in [2.75, 3.05) is 4.90 Å². The van der Waals surface area contributed by atoms with Gasteiger partial charge in [-0.1, -0.05) is 94.0 Å². The number of hydrogen-bond acceptors (Lipinski definition) is 1. The molecule has 0 fully saturated rings. The van der Waals surface area contributed by atoms with Crippen molar-refractivity contribution in [2.24, 2.45) is 5.92 Å². The van der Waals surface area contributed by atoms with Gasteiger partial charge < -0.3 is 4.90 Å². The number of anilines is 1. The molecular weight excluding hydrogens is 369 g/mol. The Morgan fingerprint density at radius 3 is 1.90 bits per heavy atom. The molecule has 0 heterocycles. The third-order valence-corrected chi connectivity index (χ3v) is 4.21. The topological polar surface area (TPSA) is 3.24 Å². The van der Waals surface area contributed by atoms with Gasteiger partial charge in [-0.2, -0.15) is 0 Å². The van der Waals surface area contributed by atoms with Crippen molar-refractivity contribution in [3.63, 3.8) is 0 Å². The highest BCUT2D eigenvalue weighted by molar-refractivity contribution is 5.59. The van der Waals surface area contributed by atoms with Gasteiger partial charge in [-0.05, 0) is 61.6 Å². The monoisotopic (exact) mass is 417 g/mol. The molecule has 0 N–H and O–H groups in total. The first-order valence-electron chi connectivity index (χ1n) is 11.7. The molecule has 1 aromatic rings. The second-order valence-electron chi connectivity index (χ2n) is 5.97. The van der Waals surface area contributed by atoms with Gasteiger partial charge in [0.05, 0.1) is 0 Å². The molecule has 30 heavy (non-hydrogen) atoms. The quantitative estimate of drug-likeness (QED) is 0.361. The van der Waals surface area contributed by atoms with Crippen LogP contribution in [0.3, 0.4) is 0 Å². The van der Waals surface area contributed by atoms with Crippen molar-refractivity contribution in [1.82, 2.24) is 0 Å². The van der Waals surface area contributed by atoms with Crippen molar-refractivity contribution in [3.05, 3.63) is 78.4 Å². The van der Waals surface area contributed by atoms with Gasteiger partial charge in [-0.25, -0.2) is 4.39 Å². The van der Waals surface area contributed by atoms with Crippen LogP contribution >= 0.6 is 0 Å². The van der Waals surface area contributed by atoms with E-state index >= 15 is 0 Å². The average Bonchev–Trinajstić information content (AvgIpc) is 2.81. The second kappa shape index (κ2) is 21.6. The maximum Gasteiger partial charge on any atom is 0.123 e. The van der Waals surface area contributed by atoms with Crippen LogP contribution in [0.15, 0.2) is 72.6 Å². The molecule has 0 radical (unpaired) electrons. The largest absolute Gasteiger partial charge is 0.318 e. The third kappa shape index (κ3) is 11.8. The number of halogens is 1. The molecule has 1 nitrogen and oxygen atoms in total. The van der Waals surface area contributed by atoms with E-state index in [9.17, 15) is 4.39 Å². The van der Waals surface area contributed by atoms with Crippen LogP contribution < -0.4 is 4.90 Å². The number of benzene rings is 1. The van der Waals surface area contributed by atoms with Crippen molar-refractivity contribution in [3.8, 4) is 0 Å². The Labute approximate surface area is 188 Å². The summed E-state index contributed by atoms with van der Waals surface area (Å²) in [7, 11) is 0. The molecule has 0 aliphatic carbocycles. The van der Waals surface area contributed by atoms with Gasteiger partial charge in [0, 0.05) is 17.1 Å². The van der Waals surface area contributed by atoms with Crippen molar-refractivity contribution < 1.29 is 4.39 Å². The van der Waals surface area contributed by atoms with Gasteiger partial charge in [-0.15, -0.1) is 0 Å². The zero-order chi connectivity index (χ0) is 24.1. The number of rotatable bonds is 9. The second-order valence-corrected chi connectivity index (χ2v) is 5.97. The van der Waals surface area contributed by atoms with E-state index < -0.39 is 0 Å². The lowest BCUT2D eigenvalue weighted by Crippen LogP contribution is -2.25. The van der Waals surface area contributed by atoms with E-state index in [1.165, 1.54) is 12.1 Å². The lowest BCUT2D eigenvalue weighted by atomic mass is 10.00. The summed E-state index contributed by atoms with van der Waals surface area (Å²) >= 11 is 0. The lowest BCUT2D eigenvalue weighted by Gasteiger charge is -2.32. The van der Waals surface area contributed by atoms with Crippen LogP contribution in [0.5, 0.6) is 0 Å². The fraction of sp³-hybridized carbons (Fsp3) is 0.500. The van der Waals surface area contributed by atoms with Gasteiger partial charge in [0.25, 0.3) is 0 Å². The first kappa shape index (κ1) is 32.6. The summed E-state index contributed by atoms with van der Waals surface area (Å²) in [5.74, 6) is 0.126. The standard InChI is InChI=1S/C22H30FN.3C2H6/c1-7-11-17(5)18(6)24(22-14-12-20(23)13-15-22)21(10-4)16-19(8-2)9-3;3*1-2/h8-9,12-17H,2,6-7,10-11H2,1,3-5H3;3*1-2H3/b19-9+,21-16+;;;. The van der Waals surface area contributed by atoms with Crippen molar-refractivity contribution >= 4 is 5.69 Å². The van der Waals surface area contributed by atoms with Crippen LogP contribution in [0.4, 0.5) is 10.1 Å². The predicted octanol–water partition coefficient (Wildman–Crippen LogP) is 10.1. The zero-order valence-electron chi connectivity index (χ0n) is 21.5. The lowest BCUT2D eigenvalue weighted by molar-refractivity contribution is 0.587. The van der Waals surface area contributed by atoms with E-state index in [-0.39, 0.29) is 5.82 Å². The average molecular weight is 418 g/mol. The maximum atomic E-state index is 13.4. The molecule has 1 atom stereocenters. The molecule has 0 aliphatic rings. The molecule has 1 aromatic carbocycles. The van der Waals surface area contributed by atoms with E-state index in [4.69, 9.17) is 0 Å². The van der Waals surface area contributed by atoms with Crippen LogP contribution in [-0.2, 0) is 0 Å². The smallest absolute Gasteiger partial charge is 0.123 e. The summed E-state index contributed by atoms with van der Waals surface area (Å²) in [5, 5.41) is 0. The Hall–Kier alpha value is -2.09. The molecule has 0 amide bonds. The molecule has 0 aromatic heterocycles. The molecular formula is C28H48FN. The summed E-state index contributed by atoms with van der Waals surface area (Å²) in [6.45, 7) is 28.7. The van der Waals surface area contributed by atoms with Crippen molar-refractivity contribution in [2.45, 2.75) is 88.5 Å². The number of allylic oxidation sites excluding steroid dienone is 6. The van der Waals surface area contributed by atoms with Crippen molar-refractivity contribution in [1.29, 1.82) is 0 Å². The summed E-state index contributed by atoms with van der Waals surface area (Å²) in [6, 6.07) is 6.62. The summed E-state index contributed by atoms with van der Waals surface area (Å²) in [6.07, 6.45) is 9.03. The number of hydrogen-bond donors (Lipinski definition) is 0. The highest BCUT2D eigenvalue weighted by Gasteiger charge is 2.19. The normalized spacial score (nSPS) is 11.4. The predicted molar refractivity (Wildman–Crippen MR) is 138 cm³/mol. The Morgan fingerprint density at radius 2 is 1.53 bits per heavy atom. The van der Waals surface area contributed by atoms with E-state index in [1.807, 2.05) is 72.8 Å². The minimum absolute atomic E-state index is 0.229. The fourth-order valence-corrected chi connectivity index (χ4v) is 2.70.